The molecule has 2 amide bonds. The highest BCUT2D eigenvalue weighted by Crippen LogP contribution is 2.17. The first kappa shape index (κ1) is 20.0. The van der Waals surface area contributed by atoms with Crippen LogP contribution in [0, 0.1) is 6.92 Å². The summed E-state index contributed by atoms with van der Waals surface area (Å²) in [7, 11) is 0. The Morgan fingerprint density at radius 1 is 1.11 bits per heavy atom. The van der Waals surface area contributed by atoms with Gasteiger partial charge in [-0.1, -0.05) is 54.2 Å². The molecule has 0 radical (unpaired) electrons. The Labute approximate surface area is 165 Å². The quantitative estimate of drug-likeness (QED) is 0.729. The van der Waals surface area contributed by atoms with E-state index >= 15 is 0 Å². The summed E-state index contributed by atoms with van der Waals surface area (Å²) in [5.74, 6) is 0.498. The lowest BCUT2D eigenvalue weighted by molar-refractivity contribution is -0.122. The molecule has 1 aliphatic rings. The number of rotatable bonds is 8. The average molecular weight is 384 g/mol. The molecule has 0 unspecified atom stereocenters. The van der Waals surface area contributed by atoms with Crippen molar-refractivity contribution in [2.45, 2.75) is 70.9 Å². The average Bonchev–Trinajstić information content (AvgIpc) is 3.14. The molecule has 150 valence electrons. The van der Waals surface area contributed by atoms with E-state index in [0.717, 1.165) is 18.4 Å². The van der Waals surface area contributed by atoms with Crippen LogP contribution in [0.1, 0.15) is 61.4 Å². The number of nitrogens with zero attached hydrogens (tertiary/aromatic N) is 2. The van der Waals surface area contributed by atoms with Gasteiger partial charge in [-0.2, -0.15) is 4.98 Å². The molecule has 0 spiro atoms. The molecule has 0 atom stereocenters. The van der Waals surface area contributed by atoms with Gasteiger partial charge in [0, 0.05) is 12.5 Å². The van der Waals surface area contributed by atoms with E-state index in [9.17, 15) is 9.59 Å². The second-order valence-electron chi connectivity index (χ2n) is 7.45. The van der Waals surface area contributed by atoms with Crippen LogP contribution in [0.5, 0.6) is 0 Å². The van der Waals surface area contributed by atoms with Crippen molar-refractivity contribution in [3.63, 3.8) is 0 Å². The van der Waals surface area contributed by atoms with Crippen LogP contribution in [0.25, 0.3) is 0 Å². The molecule has 2 aromatic rings. The monoisotopic (exact) mass is 384 g/mol. The zero-order chi connectivity index (χ0) is 19.8. The van der Waals surface area contributed by atoms with Gasteiger partial charge < -0.3 is 15.2 Å². The van der Waals surface area contributed by atoms with E-state index < -0.39 is 0 Å². The van der Waals surface area contributed by atoms with Crippen LogP contribution in [0.15, 0.2) is 28.8 Å². The predicted molar refractivity (Wildman–Crippen MR) is 104 cm³/mol. The Bertz CT molecular complexity index is 779. The summed E-state index contributed by atoms with van der Waals surface area (Å²) in [6.45, 7) is 2.21. The van der Waals surface area contributed by atoms with Gasteiger partial charge in [0.2, 0.25) is 17.7 Å². The molecular weight excluding hydrogens is 356 g/mol. The largest absolute Gasteiger partial charge is 0.353 e. The minimum atomic E-state index is -0.0821. The highest BCUT2D eigenvalue weighted by atomic mass is 16.5. The maximum absolute atomic E-state index is 12.1. The van der Waals surface area contributed by atoms with Crippen molar-refractivity contribution >= 4 is 11.8 Å². The second kappa shape index (κ2) is 10.0. The Hall–Kier alpha value is -2.70. The number of nitrogens with one attached hydrogen (secondary N) is 2. The summed E-state index contributed by atoms with van der Waals surface area (Å²) in [5, 5.41) is 9.64. The fraction of sp³-hybridized carbons (Fsp3) is 0.524. The topological polar surface area (TPSA) is 97.1 Å². The first-order valence-corrected chi connectivity index (χ1v) is 10.0. The minimum absolute atomic E-state index is 0.0737. The predicted octanol–water partition coefficient (Wildman–Crippen LogP) is 2.62. The van der Waals surface area contributed by atoms with Crippen molar-refractivity contribution in [1.82, 2.24) is 20.8 Å². The van der Waals surface area contributed by atoms with E-state index in [1.54, 1.807) is 0 Å². The number of hydrogen-bond donors (Lipinski definition) is 2. The molecule has 7 heteroatoms. The van der Waals surface area contributed by atoms with Crippen molar-refractivity contribution in [3.8, 4) is 0 Å². The Morgan fingerprint density at radius 3 is 2.61 bits per heavy atom. The van der Waals surface area contributed by atoms with Crippen LogP contribution >= 0.6 is 0 Å². The Balaban J connectivity index is 1.37. The van der Waals surface area contributed by atoms with Gasteiger partial charge in [0.1, 0.15) is 0 Å². The molecule has 1 aromatic carbocycles. The van der Waals surface area contributed by atoms with Gasteiger partial charge in [-0.3, -0.25) is 9.59 Å². The van der Waals surface area contributed by atoms with Gasteiger partial charge in [0.05, 0.1) is 13.0 Å². The maximum atomic E-state index is 12.1. The molecule has 1 saturated carbocycles. The highest BCUT2D eigenvalue weighted by Gasteiger charge is 2.17. The zero-order valence-electron chi connectivity index (χ0n) is 16.4. The lowest BCUT2D eigenvalue weighted by Crippen LogP contribution is -2.37. The molecule has 1 aliphatic carbocycles. The molecule has 1 aromatic heterocycles. The number of aromatic nitrogens is 2. The molecule has 0 bridgehead atoms. The molecule has 28 heavy (non-hydrogen) atoms. The van der Waals surface area contributed by atoms with Gasteiger partial charge in [-0.05, 0) is 31.7 Å². The van der Waals surface area contributed by atoms with Crippen molar-refractivity contribution < 1.29 is 14.1 Å². The number of aryl methyl sites for hydroxylation is 2. The van der Waals surface area contributed by atoms with Crippen LogP contribution in [-0.4, -0.2) is 28.0 Å². The summed E-state index contributed by atoms with van der Waals surface area (Å²) >= 11 is 0. The third-order valence-corrected chi connectivity index (χ3v) is 5.00. The number of benzene rings is 1. The molecule has 3 rings (SSSR count). The van der Waals surface area contributed by atoms with Gasteiger partial charge in [0.15, 0.2) is 5.82 Å². The van der Waals surface area contributed by atoms with Crippen molar-refractivity contribution in [2.24, 2.45) is 0 Å². The lowest BCUT2D eigenvalue weighted by atomic mass is 9.95. The molecule has 7 nitrogen and oxygen atoms in total. The summed E-state index contributed by atoms with van der Waals surface area (Å²) in [5.41, 5.74) is 2.33. The molecule has 1 heterocycles. The van der Waals surface area contributed by atoms with Crippen molar-refractivity contribution in [2.75, 3.05) is 0 Å². The molecule has 0 saturated heterocycles. The van der Waals surface area contributed by atoms with E-state index in [4.69, 9.17) is 4.52 Å². The summed E-state index contributed by atoms with van der Waals surface area (Å²) in [6, 6.07) is 8.41. The van der Waals surface area contributed by atoms with Gasteiger partial charge in [-0.15, -0.1) is 0 Å². The smallest absolute Gasteiger partial charge is 0.246 e. The standard InChI is InChI=1S/C21H28N4O3/c1-15-7-9-16(10-8-15)11-12-19(26)22-14-21-24-18(25-28-21)13-20(27)23-17-5-3-2-4-6-17/h7-10,17H,2-6,11-14H2,1H3,(H,22,26)(H,23,27). The third kappa shape index (κ3) is 6.48. The van der Waals surface area contributed by atoms with E-state index in [1.807, 2.05) is 31.2 Å². The van der Waals surface area contributed by atoms with Crippen molar-refractivity contribution in [3.05, 3.63) is 47.1 Å². The molecule has 1 fully saturated rings. The van der Waals surface area contributed by atoms with Crippen LogP contribution in [-0.2, 0) is 29.0 Å². The first-order valence-electron chi connectivity index (χ1n) is 10.0. The minimum Gasteiger partial charge on any atom is -0.353 e. The van der Waals surface area contributed by atoms with E-state index in [1.165, 1.54) is 24.8 Å². The van der Waals surface area contributed by atoms with Gasteiger partial charge in [0.25, 0.3) is 0 Å². The number of carbonyl (C=O) groups is 2. The Morgan fingerprint density at radius 2 is 1.86 bits per heavy atom. The van der Waals surface area contributed by atoms with Crippen LogP contribution < -0.4 is 10.6 Å². The fourth-order valence-corrected chi connectivity index (χ4v) is 3.38. The van der Waals surface area contributed by atoms with E-state index in [-0.39, 0.29) is 30.8 Å². The number of amides is 2. The van der Waals surface area contributed by atoms with E-state index in [2.05, 4.69) is 20.8 Å². The Kier molecular flexibility index (Phi) is 7.17. The molecule has 2 N–H and O–H groups in total. The van der Waals surface area contributed by atoms with Gasteiger partial charge >= 0.3 is 0 Å². The van der Waals surface area contributed by atoms with E-state index in [0.29, 0.717) is 24.6 Å². The van der Waals surface area contributed by atoms with Gasteiger partial charge in [-0.25, -0.2) is 0 Å². The summed E-state index contributed by atoms with van der Waals surface area (Å²) in [4.78, 5) is 28.3. The van der Waals surface area contributed by atoms with Crippen LogP contribution in [0.2, 0.25) is 0 Å². The molecular formula is C21H28N4O3. The number of carbonyl (C=O) groups excluding carboxylic acids is 2. The zero-order valence-corrected chi connectivity index (χ0v) is 16.4. The fourth-order valence-electron chi connectivity index (χ4n) is 3.38. The number of hydrogen-bond acceptors (Lipinski definition) is 5. The van der Waals surface area contributed by atoms with Crippen molar-refractivity contribution in [1.29, 1.82) is 0 Å². The normalized spacial score (nSPS) is 14.6. The SMILES string of the molecule is Cc1ccc(CCC(=O)NCc2nc(CC(=O)NC3CCCCC3)no2)cc1. The first-order chi connectivity index (χ1) is 13.6. The lowest BCUT2D eigenvalue weighted by Gasteiger charge is -2.22. The summed E-state index contributed by atoms with van der Waals surface area (Å²) in [6.07, 6.45) is 6.84. The second-order valence-corrected chi connectivity index (χ2v) is 7.45. The van der Waals surface area contributed by atoms with Crippen LogP contribution in [0.3, 0.4) is 0 Å². The third-order valence-electron chi connectivity index (χ3n) is 5.00. The molecule has 0 aliphatic heterocycles. The maximum Gasteiger partial charge on any atom is 0.246 e. The summed E-state index contributed by atoms with van der Waals surface area (Å²) < 4.78 is 5.13. The van der Waals surface area contributed by atoms with Crippen LogP contribution in [0.4, 0.5) is 0 Å². The highest BCUT2D eigenvalue weighted by molar-refractivity contribution is 5.78.